The van der Waals surface area contributed by atoms with Crippen molar-refractivity contribution in [1.29, 1.82) is 0 Å². The van der Waals surface area contributed by atoms with Crippen LogP contribution in [0, 0.1) is 12.8 Å². The molecule has 0 atom stereocenters. The lowest BCUT2D eigenvalue weighted by Gasteiger charge is -2.33. The summed E-state index contributed by atoms with van der Waals surface area (Å²) in [5, 5.41) is 4.52. The minimum Gasteiger partial charge on any atom is -0.355 e. The van der Waals surface area contributed by atoms with Gasteiger partial charge in [-0.05, 0) is 63.0 Å². The van der Waals surface area contributed by atoms with E-state index in [1.807, 2.05) is 0 Å². The second-order valence-corrected chi connectivity index (χ2v) is 10.8. The number of rotatable bonds is 8. The van der Waals surface area contributed by atoms with Crippen LogP contribution in [0.5, 0.6) is 0 Å². The average Bonchev–Trinajstić information content (AvgIpc) is 3.23. The van der Waals surface area contributed by atoms with E-state index in [2.05, 4.69) is 93.2 Å². The minimum absolute atomic E-state index is 0.146. The van der Waals surface area contributed by atoms with E-state index in [1.54, 1.807) is 0 Å². The van der Waals surface area contributed by atoms with Crippen LogP contribution in [0.15, 0.2) is 54.6 Å². The molecule has 2 aromatic carbocycles. The molecule has 2 aliphatic rings. The first-order valence-corrected chi connectivity index (χ1v) is 13.6. The molecule has 6 heteroatoms. The van der Waals surface area contributed by atoms with Gasteiger partial charge in [0.2, 0.25) is 5.91 Å². The molecule has 2 saturated heterocycles. The molecule has 2 aliphatic heterocycles. The van der Waals surface area contributed by atoms with Crippen molar-refractivity contribution in [3.63, 3.8) is 0 Å². The number of nitrogens with one attached hydrogen (secondary N) is 1. The van der Waals surface area contributed by atoms with Gasteiger partial charge in [0.1, 0.15) is 0 Å². The fraction of sp³-hybridized carbons (Fsp3) is 0.500. The van der Waals surface area contributed by atoms with Gasteiger partial charge in [0.25, 0.3) is 0 Å². The Labute approximate surface area is 215 Å². The molecule has 0 bridgehead atoms. The highest BCUT2D eigenvalue weighted by Gasteiger charge is 2.26. The van der Waals surface area contributed by atoms with Crippen LogP contribution in [0.3, 0.4) is 0 Å². The number of hydrogen-bond acceptors (Lipinski definition) is 4. The normalized spacial score (nSPS) is 18.6. The fourth-order valence-electron chi connectivity index (χ4n) is 5.60. The average molecular weight is 488 g/mol. The van der Waals surface area contributed by atoms with Crippen molar-refractivity contribution in [2.75, 3.05) is 59.4 Å². The fourth-order valence-corrected chi connectivity index (χ4v) is 5.60. The second kappa shape index (κ2) is 11.6. The monoisotopic (exact) mass is 487 g/mol. The van der Waals surface area contributed by atoms with Crippen LogP contribution in [0.1, 0.15) is 29.7 Å². The standard InChI is InChI=1S/C30H41N5O/c1-24-7-9-25(10-8-24)22-35-28(21-27-5-3-4-6-29(27)35)23-34-14-11-26(12-15-34)30(36)31-13-16-33-19-17-32(2)18-20-33/h3-10,21,26H,11-20,22-23H2,1-2H3,(H,31,36). The molecule has 1 N–H and O–H groups in total. The Morgan fingerprint density at radius 3 is 2.36 bits per heavy atom. The molecule has 6 nitrogen and oxygen atoms in total. The predicted octanol–water partition coefficient (Wildman–Crippen LogP) is 3.57. The molecular weight excluding hydrogens is 446 g/mol. The number of fused-ring (bicyclic) bond motifs is 1. The number of likely N-dealkylation sites (N-methyl/N-ethyl adjacent to an activating group) is 1. The van der Waals surface area contributed by atoms with Crippen LogP contribution in [0.4, 0.5) is 0 Å². The smallest absolute Gasteiger partial charge is 0.223 e. The van der Waals surface area contributed by atoms with Gasteiger partial charge in [-0.2, -0.15) is 0 Å². The van der Waals surface area contributed by atoms with E-state index in [0.29, 0.717) is 0 Å². The number of benzene rings is 2. The van der Waals surface area contributed by atoms with E-state index in [4.69, 9.17) is 0 Å². The highest BCUT2D eigenvalue weighted by molar-refractivity contribution is 5.81. The number of amides is 1. The molecular formula is C30H41N5O. The number of carbonyl (C=O) groups excluding carboxylic acids is 1. The number of aryl methyl sites for hydroxylation is 1. The summed E-state index contributed by atoms with van der Waals surface area (Å²) >= 11 is 0. The van der Waals surface area contributed by atoms with Crippen LogP contribution in [0.25, 0.3) is 10.9 Å². The molecule has 1 amide bonds. The zero-order valence-electron chi connectivity index (χ0n) is 22.0. The van der Waals surface area contributed by atoms with E-state index in [1.165, 1.54) is 27.7 Å². The number of carbonyl (C=O) groups is 1. The first-order chi connectivity index (χ1) is 17.5. The molecule has 0 saturated carbocycles. The molecule has 3 heterocycles. The van der Waals surface area contributed by atoms with Crippen molar-refractivity contribution in [2.45, 2.75) is 32.9 Å². The summed E-state index contributed by atoms with van der Waals surface area (Å²) < 4.78 is 2.47. The Hall–Kier alpha value is -2.67. The topological polar surface area (TPSA) is 43.8 Å². The molecule has 0 unspecified atom stereocenters. The zero-order valence-corrected chi connectivity index (χ0v) is 22.0. The summed E-state index contributed by atoms with van der Waals surface area (Å²) in [5.41, 5.74) is 5.27. The van der Waals surface area contributed by atoms with Crippen LogP contribution in [-0.2, 0) is 17.9 Å². The number of aromatic nitrogens is 1. The van der Waals surface area contributed by atoms with Gasteiger partial charge in [-0.15, -0.1) is 0 Å². The van der Waals surface area contributed by atoms with E-state index >= 15 is 0 Å². The van der Waals surface area contributed by atoms with E-state index < -0.39 is 0 Å². The van der Waals surface area contributed by atoms with E-state index in [-0.39, 0.29) is 11.8 Å². The van der Waals surface area contributed by atoms with Crippen LogP contribution in [-0.4, -0.2) is 84.6 Å². The zero-order chi connectivity index (χ0) is 24.9. The van der Waals surface area contributed by atoms with Crippen LogP contribution >= 0.6 is 0 Å². The number of hydrogen-bond donors (Lipinski definition) is 1. The molecule has 5 rings (SSSR count). The maximum Gasteiger partial charge on any atom is 0.223 e. The largest absolute Gasteiger partial charge is 0.355 e. The molecule has 192 valence electrons. The van der Waals surface area contributed by atoms with Crippen molar-refractivity contribution in [2.24, 2.45) is 5.92 Å². The highest BCUT2D eigenvalue weighted by Crippen LogP contribution is 2.25. The third kappa shape index (κ3) is 6.17. The summed E-state index contributed by atoms with van der Waals surface area (Å²) in [6.45, 7) is 12.1. The third-order valence-electron chi connectivity index (χ3n) is 8.02. The van der Waals surface area contributed by atoms with Gasteiger partial charge in [-0.25, -0.2) is 0 Å². The lowest BCUT2D eigenvalue weighted by Crippen LogP contribution is -2.47. The van der Waals surface area contributed by atoms with Crippen molar-refractivity contribution < 1.29 is 4.79 Å². The Morgan fingerprint density at radius 2 is 1.61 bits per heavy atom. The summed E-state index contributed by atoms with van der Waals surface area (Å²) in [7, 11) is 2.18. The van der Waals surface area contributed by atoms with Crippen molar-refractivity contribution in [3.8, 4) is 0 Å². The molecule has 2 fully saturated rings. The lowest BCUT2D eigenvalue weighted by molar-refractivity contribution is -0.126. The lowest BCUT2D eigenvalue weighted by atomic mass is 9.96. The van der Waals surface area contributed by atoms with Gasteiger partial charge in [0, 0.05) is 69.5 Å². The maximum atomic E-state index is 12.8. The Kier molecular flexibility index (Phi) is 8.05. The highest BCUT2D eigenvalue weighted by atomic mass is 16.1. The quantitative estimate of drug-likeness (QED) is 0.528. The predicted molar refractivity (Wildman–Crippen MR) is 147 cm³/mol. The van der Waals surface area contributed by atoms with Crippen molar-refractivity contribution >= 4 is 16.8 Å². The summed E-state index contributed by atoms with van der Waals surface area (Å²) in [6.07, 6.45) is 1.89. The van der Waals surface area contributed by atoms with Crippen LogP contribution < -0.4 is 5.32 Å². The molecule has 1 aromatic heterocycles. The van der Waals surface area contributed by atoms with Crippen molar-refractivity contribution in [1.82, 2.24) is 24.6 Å². The number of piperidine rings is 1. The Balaban J connectivity index is 1.14. The van der Waals surface area contributed by atoms with Crippen molar-refractivity contribution in [3.05, 3.63) is 71.4 Å². The number of likely N-dealkylation sites (tertiary alicyclic amines) is 1. The molecule has 36 heavy (non-hydrogen) atoms. The molecule has 0 aliphatic carbocycles. The SMILES string of the molecule is Cc1ccc(Cn2c(CN3CCC(C(=O)NCCN4CCN(C)CC4)CC3)cc3ccccc32)cc1. The summed E-state index contributed by atoms with van der Waals surface area (Å²) in [4.78, 5) is 20.1. The first kappa shape index (κ1) is 25.0. The number of nitrogens with zero attached hydrogens (tertiary/aromatic N) is 4. The summed E-state index contributed by atoms with van der Waals surface area (Å²) in [6, 6.07) is 19.9. The maximum absolute atomic E-state index is 12.8. The number of piperazine rings is 1. The minimum atomic E-state index is 0.146. The first-order valence-electron chi connectivity index (χ1n) is 13.6. The summed E-state index contributed by atoms with van der Waals surface area (Å²) in [5.74, 6) is 0.393. The Morgan fingerprint density at radius 1 is 0.889 bits per heavy atom. The van der Waals surface area contributed by atoms with Gasteiger partial charge < -0.3 is 14.8 Å². The Bertz CT molecular complexity index is 1140. The number of para-hydroxylation sites is 1. The second-order valence-electron chi connectivity index (χ2n) is 10.8. The van der Waals surface area contributed by atoms with Gasteiger partial charge in [-0.3, -0.25) is 14.6 Å². The van der Waals surface area contributed by atoms with Gasteiger partial charge in [0.05, 0.1) is 0 Å². The van der Waals surface area contributed by atoms with Crippen LogP contribution in [0.2, 0.25) is 0 Å². The van der Waals surface area contributed by atoms with E-state index in [9.17, 15) is 4.79 Å². The van der Waals surface area contributed by atoms with Gasteiger partial charge >= 0.3 is 0 Å². The molecule has 0 spiro atoms. The molecule has 3 aromatic rings. The van der Waals surface area contributed by atoms with E-state index in [0.717, 1.165) is 78.3 Å². The third-order valence-corrected chi connectivity index (χ3v) is 8.02. The van der Waals surface area contributed by atoms with Gasteiger partial charge in [0.15, 0.2) is 0 Å². The molecule has 0 radical (unpaired) electrons. The van der Waals surface area contributed by atoms with Gasteiger partial charge in [-0.1, -0.05) is 48.0 Å².